The fourth-order valence-electron chi connectivity index (χ4n) is 4.58. The number of aromatic nitrogens is 1. The van der Waals surface area contributed by atoms with E-state index in [-0.39, 0.29) is 5.91 Å². The third-order valence-corrected chi connectivity index (χ3v) is 7.28. The molecule has 0 saturated carbocycles. The second-order valence-corrected chi connectivity index (χ2v) is 9.58. The van der Waals surface area contributed by atoms with Gasteiger partial charge in [-0.05, 0) is 43.7 Å². The smallest absolute Gasteiger partial charge is 0.259 e. The zero-order valence-corrected chi connectivity index (χ0v) is 19.6. The Hall–Kier alpha value is -3.19. The number of anilines is 2. The first-order chi connectivity index (χ1) is 16.3. The minimum Gasteiger partial charge on any atom is -0.362 e. The molecular formula is C26H29N5OS. The number of hydrogen-bond donors (Lipinski definition) is 1. The first-order valence-corrected chi connectivity index (χ1v) is 12.6. The van der Waals surface area contributed by atoms with E-state index in [0.29, 0.717) is 6.54 Å². The number of nitrogens with zero attached hydrogens (tertiary/aromatic N) is 4. The molecule has 7 heteroatoms. The molecule has 170 valence electrons. The average Bonchev–Trinajstić information content (AvgIpc) is 3.30. The van der Waals surface area contributed by atoms with Crippen molar-refractivity contribution in [2.75, 3.05) is 36.0 Å². The van der Waals surface area contributed by atoms with Crippen LogP contribution in [-0.2, 0) is 11.2 Å². The molecule has 1 saturated heterocycles. The van der Waals surface area contributed by atoms with E-state index in [2.05, 4.69) is 50.7 Å². The zero-order valence-electron chi connectivity index (χ0n) is 18.7. The van der Waals surface area contributed by atoms with Gasteiger partial charge < -0.3 is 9.80 Å². The second-order valence-electron chi connectivity index (χ2n) is 8.57. The average molecular weight is 460 g/mol. The number of hydrogen-bond acceptors (Lipinski definition) is 6. The monoisotopic (exact) mass is 459 g/mol. The highest BCUT2D eigenvalue weighted by atomic mass is 32.1. The molecule has 2 aromatic carbocycles. The predicted octanol–water partition coefficient (Wildman–Crippen LogP) is 4.70. The Kier molecular flexibility index (Phi) is 6.67. The van der Waals surface area contributed by atoms with E-state index >= 15 is 0 Å². The van der Waals surface area contributed by atoms with Crippen molar-refractivity contribution in [1.29, 1.82) is 0 Å². The number of nitrogens with one attached hydrogen (secondary N) is 1. The van der Waals surface area contributed by atoms with E-state index in [1.165, 1.54) is 24.8 Å². The largest absolute Gasteiger partial charge is 0.362 e. The van der Waals surface area contributed by atoms with Gasteiger partial charge in [-0.15, -0.1) is 0 Å². The van der Waals surface area contributed by atoms with Crippen LogP contribution in [0, 0.1) is 0 Å². The Balaban J connectivity index is 1.29. The van der Waals surface area contributed by atoms with Gasteiger partial charge in [0.05, 0.1) is 23.3 Å². The van der Waals surface area contributed by atoms with E-state index in [1.807, 2.05) is 24.3 Å². The number of aryl methyl sites for hydroxylation is 1. The van der Waals surface area contributed by atoms with Crippen molar-refractivity contribution < 1.29 is 4.79 Å². The lowest BCUT2D eigenvalue weighted by atomic mass is 10.0. The fourth-order valence-corrected chi connectivity index (χ4v) is 5.59. The van der Waals surface area contributed by atoms with E-state index in [1.54, 1.807) is 17.6 Å². The number of hydrazone groups is 1. The molecule has 0 atom stereocenters. The standard InChI is InChI=1S/C26H29N5OS/c32-24(19-31-17-9-13-20-10-5-6-14-22(20)31)29-27-18-23-25(21-11-3-1-4-12-21)28-26(33-23)30-15-7-2-8-16-30/h1,3-6,10-12,14,18H,2,7-9,13,15-17,19H2,(H,29,32). The van der Waals surface area contributed by atoms with E-state index in [0.717, 1.165) is 59.4 Å². The first-order valence-electron chi connectivity index (χ1n) is 11.7. The molecule has 2 aliphatic rings. The number of para-hydroxylation sites is 1. The van der Waals surface area contributed by atoms with Crippen molar-refractivity contribution in [3.05, 3.63) is 65.0 Å². The molecule has 0 spiro atoms. The number of amides is 1. The number of carbonyl (C=O) groups is 1. The molecule has 1 aromatic heterocycles. The molecule has 1 N–H and O–H groups in total. The van der Waals surface area contributed by atoms with Crippen molar-refractivity contribution in [3.63, 3.8) is 0 Å². The third-order valence-electron chi connectivity index (χ3n) is 6.23. The Morgan fingerprint density at radius 1 is 1.00 bits per heavy atom. The summed E-state index contributed by atoms with van der Waals surface area (Å²) in [5.41, 5.74) is 7.18. The van der Waals surface area contributed by atoms with Crippen molar-refractivity contribution in [2.45, 2.75) is 32.1 Å². The van der Waals surface area contributed by atoms with Crippen LogP contribution < -0.4 is 15.2 Å². The normalized spacial score (nSPS) is 16.1. The lowest BCUT2D eigenvalue weighted by Crippen LogP contribution is -2.38. The Labute approximate surface area is 199 Å². The number of benzene rings is 2. The van der Waals surface area contributed by atoms with Crippen molar-refractivity contribution in [3.8, 4) is 11.3 Å². The second kappa shape index (κ2) is 10.2. The van der Waals surface area contributed by atoms with E-state index < -0.39 is 0 Å². The van der Waals surface area contributed by atoms with Crippen LogP contribution in [0.3, 0.4) is 0 Å². The number of fused-ring (bicyclic) bond motifs is 1. The summed E-state index contributed by atoms with van der Waals surface area (Å²) in [5, 5.41) is 5.34. The fraction of sp³-hybridized carbons (Fsp3) is 0.346. The van der Waals surface area contributed by atoms with Gasteiger partial charge in [0.15, 0.2) is 5.13 Å². The SMILES string of the molecule is O=C(CN1CCCc2ccccc21)NN=Cc1sc(N2CCCCC2)nc1-c1ccccc1. The van der Waals surface area contributed by atoms with Crippen LogP contribution in [0.4, 0.5) is 10.8 Å². The zero-order chi connectivity index (χ0) is 22.5. The van der Waals surface area contributed by atoms with Crippen molar-refractivity contribution in [1.82, 2.24) is 10.4 Å². The highest BCUT2D eigenvalue weighted by Crippen LogP contribution is 2.33. The molecule has 3 heterocycles. The summed E-state index contributed by atoms with van der Waals surface area (Å²) in [6, 6.07) is 18.5. The summed E-state index contributed by atoms with van der Waals surface area (Å²) >= 11 is 1.64. The molecule has 0 radical (unpaired) electrons. The number of carbonyl (C=O) groups excluding carboxylic acids is 1. The van der Waals surface area contributed by atoms with Crippen LogP contribution in [0.5, 0.6) is 0 Å². The van der Waals surface area contributed by atoms with Crippen LogP contribution in [0.25, 0.3) is 11.3 Å². The van der Waals surface area contributed by atoms with Gasteiger partial charge in [-0.2, -0.15) is 5.10 Å². The van der Waals surface area contributed by atoms with Crippen LogP contribution in [0.2, 0.25) is 0 Å². The highest BCUT2D eigenvalue weighted by molar-refractivity contribution is 7.17. The van der Waals surface area contributed by atoms with Gasteiger partial charge in [-0.1, -0.05) is 59.9 Å². The van der Waals surface area contributed by atoms with Gasteiger partial charge in [-0.3, -0.25) is 4.79 Å². The lowest BCUT2D eigenvalue weighted by Gasteiger charge is -2.30. The summed E-state index contributed by atoms with van der Waals surface area (Å²) in [7, 11) is 0. The van der Waals surface area contributed by atoms with Crippen LogP contribution >= 0.6 is 11.3 Å². The van der Waals surface area contributed by atoms with E-state index in [4.69, 9.17) is 4.98 Å². The maximum atomic E-state index is 12.6. The molecule has 0 aliphatic carbocycles. The first kappa shape index (κ1) is 21.6. The minimum atomic E-state index is -0.106. The molecule has 1 amide bonds. The predicted molar refractivity (Wildman–Crippen MR) is 136 cm³/mol. The lowest BCUT2D eigenvalue weighted by molar-refractivity contribution is -0.119. The van der Waals surface area contributed by atoms with Gasteiger partial charge in [0.2, 0.25) is 0 Å². The summed E-state index contributed by atoms with van der Waals surface area (Å²) in [6.07, 6.45) is 7.58. The number of rotatable bonds is 6. The molecular weight excluding hydrogens is 430 g/mol. The maximum Gasteiger partial charge on any atom is 0.259 e. The Morgan fingerprint density at radius 2 is 1.79 bits per heavy atom. The highest BCUT2D eigenvalue weighted by Gasteiger charge is 2.20. The molecule has 0 unspecified atom stereocenters. The van der Waals surface area contributed by atoms with Crippen LogP contribution in [0.15, 0.2) is 59.7 Å². The Bertz CT molecular complexity index is 1120. The van der Waals surface area contributed by atoms with Gasteiger partial charge in [0, 0.05) is 30.9 Å². The van der Waals surface area contributed by atoms with Crippen molar-refractivity contribution in [2.24, 2.45) is 5.10 Å². The van der Waals surface area contributed by atoms with Crippen molar-refractivity contribution >= 4 is 34.3 Å². The number of piperidine rings is 1. The molecule has 33 heavy (non-hydrogen) atoms. The minimum absolute atomic E-state index is 0.106. The van der Waals surface area contributed by atoms with Gasteiger partial charge in [-0.25, -0.2) is 10.4 Å². The Morgan fingerprint density at radius 3 is 2.64 bits per heavy atom. The summed E-state index contributed by atoms with van der Waals surface area (Å²) in [4.78, 5) is 23.1. The van der Waals surface area contributed by atoms with Crippen LogP contribution in [-0.4, -0.2) is 43.3 Å². The van der Waals surface area contributed by atoms with E-state index in [9.17, 15) is 4.79 Å². The van der Waals surface area contributed by atoms with Gasteiger partial charge in [0.1, 0.15) is 0 Å². The molecule has 3 aromatic rings. The summed E-state index contributed by atoms with van der Waals surface area (Å²) in [5.74, 6) is -0.106. The van der Waals surface area contributed by atoms with Gasteiger partial charge in [0.25, 0.3) is 5.91 Å². The summed E-state index contributed by atoms with van der Waals surface area (Å²) in [6.45, 7) is 3.29. The maximum absolute atomic E-state index is 12.6. The number of thiazole rings is 1. The topological polar surface area (TPSA) is 60.8 Å². The quantitative estimate of drug-likeness (QED) is 0.429. The summed E-state index contributed by atoms with van der Waals surface area (Å²) < 4.78 is 0. The molecule has 1 fully saturated rings. The van der Waals surface area contributed by atoms with Crippen LogP contribution in [0.1, 0.15) is 36.1 Å². The molecule has 2 aliphatic heterocycles. The third kappa shape index (κ3) is 5.09. The molecule has 6 nitrogen and oxygen atoms in total. The molecule has 0 bridgehead atoms. The molecule has 5 rings (SSSR count). The van der Waals surface area contributed by atoms with Gasteiger partial charge >= 0.3 is 0 Å².